The van der Waals surface area contributed by atoms with Crippen molar-refractivity contribution in [2.75, 3.05) is 26.5 Å². The number of methoxy groups -OCH3 is 2. The molecule has 0 aliphatic rings. The van der Waals surface area contributed by atoms with Crippen molar-refractivity contribution in [1.82, 2.24) is 5.32 Å². The number of amides is 1. The molecule has 3 aromatic carbocycles. The number of para-hydroxylation sites is 1. The number of hydrogen-bond donors (Lipinski definition) is 2. The lowest BCUT2D eigenvalue weighted by atomic mass is 10.1. The second-order valence-corrected chi connectivity index (χ2v) is 7.82. The molecule has 3 N–H and O–H groups in total. The minimum atomic E-state index is -0.388. The van der Waals surface area contributed by atoms with Crippen molar-refractivity contribution in [2.45, 2.75) is 16.6 Å². The monoisotopic (exact) mass is 422 g/mol. The van der Waals surface area contributed by atoms with Crippen LogP contribution in [0.3, 0.4) is 0 Å². The predicted molar refractivity (Wildman–Crippen MR) is 122 cm³/mol. The first-order valence-electron chi connectivity index (χ1n) is 9.67. The van der Waals surface area contributed by atoms with E-state index in [1.165, 1.54) is 11.8 Å². The number of carbonyl (C=O) groups is 1. The number of ether oxygens (including phenoxy) is 2. The first-order valence-corrected chi connectivity index (χ1v) is 10.5. The molecule has 156 valence electrons. The summed E-state index contributed by atoms with van der Waals surface area (Å²) in [5.41, 5.74) is 8.77. The number of carbonyl (C=O) groups excluding carboxylic acids is 1. The fraction of sp³-hybridized carbons (Fsp3) is 0.208. The van der Waals surface area contributed by atoms with Crippen molar-refractivity contribution in [1.29, 1.82) is 0 Å². The molecular weight excluding hydrogens is 396 g/mol. The third-order valence-corrected chi connectivity index (χ3v) is 6.01. The summed E-state index contributed by atoms with van der Waals surface area (Å²) < 4.78 is 10.6. The molecule has 0 saturated heterocycles. The highest BCUT2D eigenvalue weighted by atomic mass is 32.2. The normalized spacial score (nSPS) is 11.5. The minimum absolute atomic E-state index is 0.0464. The molecule has 0 spiro atoms. The van der Waals surface area contributed by atoms with Crippen LogP contribution in [0.1, 0.15) is 16.4 Å². The summed E-state index contributed by atoms with van der Waals surface area (Å²) in [5, 5.41) is 2.68. The molecule has 0 aliphatic heterocycles. The number of benzene rings is 3. The average Bonchev–Trinajstić information content (AvgIpc) is 2.78. The van der Waals surface area contributed by atoms with Gasteiger partial charge in [-0.3, -0.25) is 4.79 Å². The molecule has 0 radical (unpaired) electrons. The van der Waals surface area contributed by atoms with E-state index in [-0.39, 0.29) is 11.2 Å². The van der Waals surface area contributed by atoms with Gasteiger partial charge in [-0.25, -0.2) is 0 Å². The molecule has 0 aromatic heterocycles. The summed E-state index contributed by atoms with van der Waals surface area (Å²) in [4.78, 5) is 13.9. The van der Waals surface area contributed by atoms with E-state index in [0.717, 1.165) is 16.0 Å². The van der Waals surface area contributed by atoms with Gasteiger partial charge in [-0.1, -0.05) is 48.5 Å². The van der Waals surface area contributed by atoms with Gasteiger partial charge in [-0.2, -0.15) is 0 Å². The summed E-state index contributed by atoms with van der Waals surface area (Å²) in [6.45, 7) is 0.516. The second-order valence-electron chi connectivity index (χ2n) is 6.68. The highest BCUT2D eigenvalue weighted by molar-refractivity contribution is 8.00. The van der Waals surface area contributed by atoms with Gasteiger partial charge in [0, 0.05) is 17.1 Å². The van der Waals surface area contributed by atoms with Crippen LogP contribution in [-0.4, -0.2) is 26.7 Å². The van der Waals surface area contributed by atoms with E-state index in [2.05, 4.69) is 5.32 Å². The molecule has 3 rings (SSSR count). The number of rotatable bonds is 9. The molecule has 3 aromatic rings. The number of thioether (sulfide) groups is 1. The van der Waals surface area contributed by atoms with Gasteiger partial charge in [0.2, 0.25) is 5.91 Å². The Kier molecular flexibility index (Phi) is 7.63. The predicted octanol–water partition coefficient (Wildman–Crippen LogP) is 4.48. The van der Waals surface area contributed by atoms with Gasteiger partial charge in [0.1, 0.15) is 5.25 Å². The summed E-state index contributed by atoms with van der Waals surface area (Å²) in [7, 11) is 3.22. The first-order chi connectivity index (χ1) is 14.6. The third kappa shape index (κ3) is 5.48. The highest BCUT2D eigenvalue weighted by Crippen LogP contribution is 2.38. The van der Waals surface area contributed by atoms with Crippen LogP contribution in [0, 0.1) is 0 Å². The lowest BCUT2D eigenvalue weighted by molar-refractivity contribution is -0.120. The van der Waals surface area contributed by atoms with Crippen molar-refractivity contribution >= 4 is 23.4 Å². The van der Waals surface area contributed by atoms with Crippen LogP contribution in [0.2, 0.25) is 0 Å². The molecule has 0 unspecified atom stereocenters. The summed E-state index contributed by atoms with van der Waals surface area (Å²) >= 11 is 1.46. The zero-order valence-electron chi connectivity index (χ0n) is 17.1. The van der Waals surface area contributed by atoms with E-state index in [9.17, 15) is 4.79 Å². The molecule has 0 fully saturated rings. The van der Waals surface area contributed by atoms with Gasteiger partial charge in [0.05, 0.1) is 14.2 Å². The van der Waals surface area contributed by atoms with Crippen LogP contribution >= 0.6 is 11.8 Å². The van der Waals surface area contributed by atoms with Crippen molar-refractivity contribution < 1.29 is 14.3 Å². The molecule has 1 atom stereocenters. The Morgan fingerprint density at radius 3 is 2.37 bits per heavy atom. The molecule has 0 aliphatic carbocycles. The average molecular weight is 423 g/mol. The smallest absolute Gasteiger partial charge is 0.238 e. The number of nitrogen functional groups attached to an aromatic ring is 1. The maximum atomic E-state index is 13.1. The molecule has 30 heavy (non-hydrogen) atoms. The Bertz CT molecular complexity index is 979. The number of nitrogens with two attached hydrogens (primary N) is 1. The number of anilines is 1. The molecular formula is C24H26N2O3S. The van der Waals surface area contributed by atoms with Crippen molar-refractivity contribution in [2.24, 2.45) is 0 Å². The highest BCUT2D eigenvalue weighted by Gasteiger charge is 2.22. The molecule has 1 amide bonds. The summed E-state index contributed by atoms with van der Waals surface area (Å²) in [6.07, 6.45) is 0.686. The van der Waals surface area contributed by atoms with Crippen LogP contribution in [0.15, 0.2) is 77.7 Å². The lowest BCUT2D eigenvalue weighted by Crippen LogP contribution is -2.29. The van der Waals surface area contributed by atoms with E-state index >= 15 is 0 Å². The lowest BCUT2D eigenvalue weighted by Gasteiger charge is -2.18. The number of nitrogens with one attached hydrogen (secondary N) is 1. The molecule has 5 nitrogen and oxygen atoms in total. The van der Waals surface area contributed by atoms with E-state index < -0.39 is 0 Å². The quantitative estimate of drug-likeness (QED) is 0.393. The van der Waals surface area contributed by atoms with Gasteiger partial charge >= 0.3 is 0 Å². The van der Waals surface area contributed by atoms with Crippen LogP contribution in [0.4, 0.5) is 5.69 Å². The van der Waals surface area contributed by atoms with E-state index in [4.69, 9.17) is 15.2 Å². The van der Waals surface area contributed by atoms with Gasteiger partial charge in [-0.05, 0) is 41.8 Å². The van der Waals surface area contributed by atoms with Gasteiger partial charge < -0.3 is 20.5 Å². The van der Waals surface area contributed by atoms with Crippen molar-refractivity contribution in [3.05, 3.63) is 83.9 Å². The first kappa shape index (κ1) is 21.6. The van der Waals surface area contributed by atoms with Crippen LogP contribution in [0.5, 0.6) is 11.5 Å². The van der Waals surface area contributed by atoms with Gasteiger partial charge in [0.25, 0.3) is 0 Å². The Hall–Kier alpha value is -3.12. The fourth-order valence-electron chi connectivity index (χ4n) is 3.07. The Morgan fingerprint density at radius 1 is 0.967 bits per heavy atom. The Morgan fingerprint density at radius 2 is 1.67 bits per heavy atom. The van der Waals surface area contributed by atoms with E-state index in [0.29, 0.717) is 30.2 Å². The minimum Gasteiger partial charge on any atom is -0.493 e. The second kappa shape index (κ2) is 10.6. The zero-order valence-corrected chi connectivity index (χ0v) is 17.9. The van der Waals surface area contributed by atoms with Gasteiger partial charge in [0.15, 0.2) is 11.5 Å². The molecule has 0 heterocycles. The topological polar surface area (TPSA) is 73.6 Å². The SMILES string of the molecule is COc1ccc(CCNC(=O)[C@@H](Sc2ccccc2N)c2ccccc2)cc1OC. The van der Waals surface area contributed by atoms with Crippen molar-refractivity contribution in [3.63, 3.8) is 0 Å². The van der Waals surface area contributed by atoms with Crippen LogP contribution in [0.25, 0.3) is 0 Å². The largest absolute Gasteiger partial charge is 0.493 e. The molecule has 0 saturated carbocycles. The molecule has 6 heteroatoms. The summed E-state index contributed by atoms with van der Waals surface area (Å²) in [5.74, 6) is 1.32. The Labute approximate surface area is 181 Å². The van der Waals surface area contributed by atoms with Crippen LogP contribution < -0.4 is 20.5 Å². The van der Waals surface area contributed by atoms with Crippen LogP contribution in [-0.2, 0) is 11.2 Å². The van der Waals surface area contributed by atoms with E-state index in [1.807, 2.05) is 72.8 Å². The number of hydrogen-bond acceptors (Lipinski definition) is 5. The molecule has 0 bridgehead atoms. The standard InChI is InChI=1S/C24H26N2O3S/c1-28-20-13-12-17(16-21(20)29-2)14-15-26-24(27)23(18-8-4-3-5-9-18)30-22-11-7-6-10-19(22)25/h3-13,16,23H,14-15,25H2,1-2H3,(H,26,27)/t23-/m0/s1. The maximum Gasteiger partial charge on any atom is 0.238 e. The Balaban J connectivity index is 1.69. The summed E-state index contributed by atoms with van der Waals surface area (Å²) in [6, 6.07) is 23.1. The third-order valence-electron chi connectivity index (χ3n) is 4.67. The fourth-order valence-corrected chi connectivity index (χ4v) is 4.17. The van der Waals surface area contributed by atoms with Gasteiger partial charge in [-0.15, -0.1) is 11.8 Å². The zero-order chi connectivity index (χ0) is 21.3. The van der Waals surface area contributed by atoms with E-state index in [1.54, 1.807) is 14.2 Å². The van der Waals surface area contributed by atoms with Crippen molar-refractivity contribution in [3.8, 4) is 11.5 Å². The maximum absolute atomic E-state index is 13.1.